The molecule has 2 unspecified atom stereocenters. The van der Waals surface area contributed by atoms with E-state index in [0.717, 1.165) is 25.2 Å². The molecule has 0 bridgehead atoms. The highest BCUT2D eigenvalue weighted by atomic mass is 35.5. The van der Waals surface area contributed by atoms with E-state index in [1.807, 2.05) is 6.07 Å². The van der Waals surface area contributed by atoms with E-state index < -0.39 is 0 Å². The molecule has 1 heterocycles. The summed E-state index contributed by atoms with van der Waals surface area (Å²) in [5, 5.41) is 3.63. The van der Waals surface area contributed by atoms with Crippen LogP contribution in [-0.4, -0.2) is 25.2 Å². The Kier molecular flexibility index (Phi) is 3.89. The lowest BCUT2D eigenvalue weighted by molar-refractivity contribution is 0.402. The second-order valence-corrected chi connectivity index (χ2v) is 5.03. The van der Waals surface area contributed by atoms with Gasteiger partial charge in [0.2, 0.25) is 0 Å². The summed E-state index contributed by atoms with van der Waals surface area (Å²) in [6, 6.07) is 5.91. The maximum atomic E-state index is 13.5. The normalized spacial score (nSPS) is 25.1. The van der Waals surface area contributed by atoms with Crippen molar-refractivity contribution in [2.45, 2.75) is 32.4 Å². The molecule has 1 aromatic carbocycles. The first kappa shape index (κ1) is 12.7. The number of benzene rings is 1. The van der Waals surface area contributed by atoms with Crippen LogP contribution in [0.4, 0.5) is 10.1 Å². The fraction of sp³-hybridized carbons (Fsp3) is 0.538. The van der Waals surface area contributed by atoms with Crippen LogP contribution in [0, 0.1) is 5.82 Å². The van der Waals surface area contributed by atoms with Crippen LogP contribution in [0.1, 0.15) is 20.3 Å². The highest BCUT2D eigenvalue weighted by Gasteiger charge is 2.24. The van der Waals surface area contributed by atoms with Crippen molar-refractivity contribution in [3.8, 4) is 0 Å². The molecule has 0 radical (unpaired) electrons. The summed E-state index contributed by atoms with van der Waals surface area (Å²) in [6.45, 7) is 6.15. The molecule has 1 aromatic rings. The van der Waals surface area contributed by atoms with E-state index in [-0.39, 0.29) is 10.8 Å². The predicted molar refractivity (Wildman–Crippen MR) is 70.3 cm³/mol. The number of nitrogens with one attached hydrogen (secondary N) is 1. The zero-order chi connectivity index (χ0) is 12.4. The summed E-state index contributed by atoms with van der Waals surface area (Å²) in [7, 11) is 0. The zero-order valence-electron chi connectivity index (χ0n) is 10.2. The Morgan fingerprint density at radius 1 is 1.53 bits per heavy atom. The molecule has 4 heteroatoms. The van der Waals surface area contributed by atoms with E-state index in [9.17, 15) is 4.39 Å². The molecule has 2 nitrogen and oxygen atoms in total. The number of halogens is 2. The Balaban J connectivity index is 2.25. The van der Waals surface area contributed by atoms with Crippen molar-refractivity contribution >= 4 is 17.3 Å². The Bertz CT molecular complexity index is 397. The Morgan fingerprint density at radius 2 is 2.29 bits per heavy atom. The van der Waals surface area contributed by atoms with Gasteiger partial charge in [-0.15, -0.1) is 0 Å². The summed E-state index contributed by atoms with van der Waals surface area (Å²) in [6.07, 6.45) is 1.05. The van der Waals surface area contributed by atoms with Gasteiger partial charge in [0, 0.05) is 30.9 Å². The molecule has 2 rings (SSSR count). The van der Waals surface area contributed by atoms with Gasteiger partial charge in [0.1, 0.15) is 5.82 Å². The van der Waals surface area contributed by atoms with Crippen LogP contribution in [-0.2, 0) is 0 Å². The first-order chi connectivity index (χ1) is 8.11. The fourth-order valence-corrected chi connectivity index (χ4v) is 2.42. The third-order valence-electron chi connectivity index (χ3n) is 3.32. The van der Waals surface area contributed by atoms with Gasteiger partial charge in [-0.1, -0.05) is 18.5 Å². The molecular formula is C13H18ClFN2. The lowest BCUT2D eigenvalue weighted by Gasteiger charge is -2.40. The smallest absolute Gasteiger partial charge is 0.143 e. The summed E-state index contributed by atoms with van der Waals surface area (Å²) in [4.78, 5) is 2.26. The van der Waals surface area contributed by atoms with Crippen LogP contribution >= 0.6 is 11.6 Å². The predicted octanol–water partition coefficient (Wildman–Crippen LogP) is 3.06. The Morgan fingerprint density at radius 3 is 2.94 bits per heavy atom. The molecule has 0 saturated carbocycles. The maximum absolute atomic E-state index is 13.5. The highest BCUT2D eigenvalue weighted by Crippen LogP contribution is 2.25. The number of nitrogens with zero attached hydrogens (tertiary/aromatic N) is 1. The summed E-state index contributed by atoms with van der Waals surface area (Å²) >= 11 is 5.71. The second kappa shape index (κ2) is 5.23. The monoisotopic (exact) mass is 256 g/mol. The number of piperazine rings is 1. The van der Waals surface area contributed by atoms with Gasteiger partial charge in [0.25, 0.3) is 0 Å². The highest BCUT2D eigenvalue weighted by molar-refractivity contribution is 6.30. The lowest BCUT2D eigenvalue weighted by Crippen LogP contribution is -2.55. The quantitative estimate of drug-likeness (QED) is 0.875. The number of anilines is 1. The molecule has 0 aliphatic carbocycles. The van der Waals surface area contributed by atoms with Crippen molar-refractivity contribution in [3.63, 3.8) is 0 Å². The minimum Gasteiger partial charge on any atom is -0.366 e. The maximum Gasteiger partial charge on any atom is 0.143 e. The second-order valence-electron chi connectivity index (χ2n) is 4.62. The zero-order valence-corrected chi connectivity index (χ0v) is 11.0. The molecule has 0 aromatic heterocycles. The van der Waals surface area contributed by atoms with Gasteiger partial charge in [-0.3, -0.25) is 0 Å². The van der Waals surface area contributed by atoms with E-state index in [4.69, 9.17) is 11.6 Å². The van der Waals surface area contributed by atoms with Crippen LogP contribution in [0.3, 0.4) is 0 Å². The van der Waals surface area contributed by atoms with Crippen molar-refractivity contribution < 1.29 is 4.39 Å². The molecular weight excluding hydrogens is 239 g/mol. The van der Waals surface area contributed by atoms with Gasteiger partial charge in [0.15, 0.2) is 0 Å². The van der Waals surface area contributed by atoms with Crippen LogP contribution in [0.2, 0.25) is 5.02 Å². The van der Waals surface area contributed by atoms with Crippen LogP contribution < -0.4 is 10.2 Å². The molecule has 17 heavy (non-hydrogen) atoms. The molecule has 1 saturated heterocycles. The van der Waals surface area contributed by atoms with E-state index in [2.05, 4.69) is 24.1 Å². The average molecular weight is 257 g/mol. The van der Waals surface area contributed by atoms with Crippen molar-refractivity contribution in [1.82, 2.24) is 5.32 Å². The number of rotatable bonds is 2. The average Bonchev–Trinajstić information content (AvgIpc) is 2.32. The largest absolute Gasteiger partial charge is 0.366 e. The van der Waals surface area contributed by atoms with Gasteiger partial charge < -0.3 is 10.2 Å². The Hall–Kier alpha value is -0.800. The molecule has 94 valence electrons. The minimum absolute atomic E-state index is 0.185. The number of hydrogen-bond donors (Lipinski definition) is 1. The third-order valence-corrected chi connectivity index (χ3v) is 3.63. The van der Waals surface area contributed by atoms with Gasteiger partial charge >= 0.3 is 0 Å². The molecule has 0 amide bonds. The van der Waals surface area contributed by atoms with Crippen LogP contribution in [0.25, 0.3) is 0 Å². The molecule has 1 aliphatic rings. The van der Waals surface area contributed by atoms with Crippen molar-refractivity contribution in [3.05, 3.63) is 29.0 Å². The molecule has 1 aliphatic heterocycles. The van der Waals surface area contributed by atoms with Gasteiger partial charge in [-0.2, -0.15) is 0 Å². The molecule has 2 atom stereocenters. The van der Waals surface area contributed by atoms with Gasteiger partial charge in [0.05, 0.1) is 5.02 Å². The van der Waals surface area contributed by atoms with Crippen molar-refractivity contribution in [2.75, 3.05) is 18.0 Å². The first-order valence-electron chi connectivity index (χ1n) is 6.07. The molecule has 1 N–H and O–H groups in total. The van der Waals surface area contributed by atoms with E-state index in [1.54, 1.807) is 6.07 Å². The third kappa shape index (κ3) is 2.72. The van der Waals surface area contributed by atoms with E-state index in [0.29, 0.717) is 12.1 Å². The van der Waals surface area contributed by atoms with E-state index >= 15 is 0 Å². The molecule has 1 fully saturated rings. The standard InChI is InChI=1S/C13H18ClFN2/c1-3-10-7-16-9(2)8-17(10)11-4-5-12(14)13(15)6-11/h4-6,9-10,16H,3,7-8H2,1-2H3. The summed E-state index contributed by atoms with van der Waals surface area (Å²) < 4.78 is 13.5. The molecule has 0 spiro atoms. The minimum atomic E-state index is -0.342. The van der Waals surface area contributed by atoms with Gasteiger partial charge in [-0.05, 0) is 31.5 Å². The van der Waals surface area contributed by atoms with Crippen LogP contribution in [0.5, 0.6) is 0 Å². The topological polar surface area (TPSA) is 15.3 Å². The van der Waals surface area contributed by atoms with Crippen LogP contribution in [0.15, 0.2) is 18.2 Å². The van der Waals surface area contributed by atoms with Crippen molar-refractivity contribution in [1.29, 1.82) is 0 Å². The van der Waals surface area contributed by atoms with E-state index in [1.165, 1.54) is 6.07 Å². The number of hydrogen-bond acceptors (Lipinski definition) is 2. The lowest BCUT2D eigenvalue weighted by atomic mass is 10.1. The summed E-state index contributed by atoms with van der Waals surface area (Å²) in [5.74, 6) is -0.342. The first-order valence-corrected chi connectivity index (χ1v) is 6.44. The summed E-state index contributed by atoms with van der Waals surface area (Å²) in [5.41, 5.74) is 0.923. The van der Waals surface area contributed by atoms with Gasteiger partial charge in [-0.25, -0.2) is 4.39 Å². The Labute approximate surface area is 107 Å². The fourth-order valence-electron chi connectivity index (χ4n) is 2.30. The SMILES string of the molecule is CCC1CNC(C)CN1c1ccc(Cl)c(F)c1. The van der Waals surface area contributed by atoms with Crippen molar-refractivity contribution in [2.24, 2.45) is 0 Å².